The number of piperidine rings is 1. The molecule has 1 aliphatic rings. The van der Waals surface area contributed by atoms with Gasteiger partial charge in [-0.2, -0.15) is 0 Å². The quantitative estimate of drug-likeness (QED) is 0.454. The van der Waals surface area contributed by atoms with Crippen molar-refractivity contribution in [1.29, 1.82) is 0 Å². The van der Waals surface area contributed by atoms with Crippen molar-refractivity contribution in [3.8, 4) is 0 Å². The Hall–Kier alpha value is -3.16. The molecule has 0 radical (unpaired) electrons. The Kier molecular flexibility index (Phi) is 8.44. The molecule has 190 valence electrons. The van der Waals surface area contributed by atoms with Gasteiger partial charge < -0.3 is 5.32 Å². The number of sulfonamides is 1. The molecule has 0 aliphatic carbocycles. The van der Waals surface area contributed by atoms with E-state index in [1.807, 2.05) is 38.1 Å². The maximum absolute atomic E-state index is 13.5. The Bertz CT molecular complexity index is 1270. The fourth-order valence-electron chi connectivity index (χ4n) is 4.46. The highest BCUT2D eigenvalue weighted by Crippen LogP contribution is 2.24. The minimum atomic E-state index is -3.92. The van der Waals surface area contributed by atoms with Crippen molar-refractivity contribution in [3.05, 3.63) is 95.1 Å². The van der Waals surface area contributed by atoms with Gasteiger partial charge in [-0.15, -0.1) is 0 Å². The summed E-state index contributed by atoms with van der Waals surface area (Å²) < 4.78 is 28.2. The lowest BCUT2D eigenvalue weighted by atomic mass is 10.1. The van der Waals surface area contributed by atoms with E-state index >= 15 is 0 Å². The Labute approximate surface area is 215 Å². The van der Waals surface area contributed by atoms with E-state index in [9.17, 15) is 13.2 Å². The first-order valence-corrected chi connectivity index (χ1v) is 14.0. The van der Waals surface area contributed by atoms with Crippen LogP contribution >= 0.6 is 0 Å². The second kappa shape index (κ2) is 11.7. The van der Waals surface area contributed by atoms with Crippen molar-refractivity contribution in [2.75, 3.05) is 23.9 Å². The van der Waals surface area contributed by atoms with Crippen molar-refractivity contribution in [2.24, 2.45) is 0 Å². The van der Waals surface area contributed by atoms with E-state index in [2.05, 4.69) is 22.3 Å². The predicted octanol–water partition coefficient (Wildman–Crippen LogP) is 4.80. The van der Waals surface area contributed by atoms with Crippen molar-refractivity contribution >= 4 is 21.6 Å². The number of aryl methyl sites for hydroxylation is 2. The summed E-state index contributed by atoms with van der Waals surface area (Å²) in [6, 6.07) is 22.1. The van der Waals surface area contributed by atoms with Crippen molar-refractivity contribution in [2.45, 2.75) is 51.1 Å². The van der Waals surface area contributed by atoms with Crippen LogP contribution < -0.4 is 9.62 Å². The molecule has 7 heteroatoms. The number of anilines is 1. The number of carbonyl (C=O) groups excluding carboxylic acids is 1. The van der Waals surface area contributed by atoms with Gasteiger partial charge in [0.05, 0.1) is 10.6 Å². The fraction of sp³-hybridized carbons (Fsp3) is 0.345. The number of nitrogens with zero attached hydrogens (tertiary/aromatic N) is 2. The number of carbonyl (C=O) groups is 1. The van der Waals surface area contributed by atoms with Gasteiger partial charge in [-0.3, -0.25) is 14.0 Å². The lowest BCUT2D eigenvalue weighted by Crippen LogP contribution is -2.40. The van der Waals surface area contributed by atoms with Crippen LogP contribution in [0.25, 0.3) is 0 Å². The van der Waals surface area contributed by atoms with Crippen molar-refractivity contribution in [1.82, 2.24) is 10.2 Å². The number of likely N-dealkylation sites (tertiary alicyclic amines) is 1. The first-order chi connectivity index (χ1) is 17.3. The molecule has 6 nitrogen and oxygen atoms in total. The van der Waals surface area contributed by atoms with Crippen LogP contribution in [0.2, 0.25) is 0 Å². The van der Waals surface area contributed by atoms with Crippen LogP contribution in [0.5, 0.6) is 0 Å². The third-order valence-corrected chi connectivity index (χ3v) is 8.34. The van der Waals surface area contributed by atoms with Gasteiger partial charge in [-0.1, -0.05) is 66.1 Å². The summed E-state index contributed by atoms with van der Waals surface area (Å²) in [6.07, 6.45) is 3.80. The molecule has 3 aromatic carbocycles. The molecule has 0 atom stereocenters. The molecule has 0 aromatic heterocycles. The molecule has 0 unspecified atom stereocenters. The van der Waals surface area contributed by atoms with E-state index in [0.717, 1.165) is 36.3 Å². The molecule has 1 heterocycles. The highest BCUT2D eigenvalue weighted by atomic mass is 32.2. The van der Waals surface area contributed by atoms with Gasteiger partial charge >= 0.3 is 0 Å². The van der Waals surface area contributed by atoms with Gasteiger partial charge in [0.25, 0.3) is 10.0 Å². The summed E-state index contributed by atoms with van der Waals surface area (Å²) in [4.78, 5) is 15.6. The Morgan fingerprint density at radius 1 is 0.861 bits per heavy atom. The Morgan fingerprint density at radius 3 is 2.14 bits per heavy atom. The maximum atomic E-state index is 13.5. The minimum Gasteiger partial charge on any atom is -0.350 e. The Balaban J connectivity index is 1.46. The zero-order valence-corrected chi connectivity index (χ0v) is 21.9. The number of rotatable bonds is 9. The fourth-order valence-corrected chi connectivity index (χ4v) is 5.89. The second-order valence-electron chi connectivity index (χ2n) is 9.59. The van der Waals surface area contributed by atoms with Crippen LogP contribution in [0.4, 0.5) is 5.69 Å². The standard InChI is InChI=1S/C29H35N3O3S/c1-23-9-13-27(14-10-23)32(36(34,35)28-15-11-24(2)12-16-28)22-29(33)30-20-25-7-6-8-26(19-25)21-31-17-4-3-5-18-31/h6-16,19H,3-5,17-18,20-22H2,1-2H3,(H,30,33). The Morgan fingerprint density at radius 2 is 1.47 bits per heavy atom. The third kappa shape index (κ3) is 6.74. The highest BCUT2D eigenvalue weighted by molar-refractivity contribution is 7.92. The summed E-state index contributed by atoms with van der Waals surface area (Å²) >= 11 is 0. The smallest absolute Gasteiger partial charge is 0.264 e. The molecule has 0 spiro atoms. The lowest BCUT2D eigenvalue weighted by Gasteiger charge is -2.26. The molecule has 3 aromatic rings. The van der Waals surface area contributed by atoms with E-state index < -0.39 is 10.0 Å². The monoisotopic (exact) mass is 505 g/mol. The van der Waals surface area contributed by atoms with E-state index in [4.69, 9.17) is 0 Å². The molecule has 0 saturated carbocycles. The number of hydrogen-bond acceptors (Lipinski definition) is 4. The average molecular weight is 506 g/mol. The molecule has 0 bridgehead atoms. The number of benzene rings is 3. The van der Waals surface area contributed by atoms with Crippen LogP contribution in [0.3, 0.4) is 0 Å². The summed E-state index contributed by atoms with van der Waals surface area (Å²) in [6.45, 7) is 7.07. The van der Waals surface area contributed by atoms with E-state index in [1.165, 1.54) is 29.1 Å². The minimum absolute atomic E-state index is 0.159. The zero-order chi connectivity index (χ0) is 25.5. The largest absolute Gasteiger partial charge is 0.350 e. The number of hydrogen-bond donors (Lipinski definition) is 1. The van der Waals surface area contributed by atoms with Gasteiger partial charge in [0, 0.05) is 13.1 Å². The normalized spacial score (nSPS) is 14.4. The van der Waals surface area contributed by atoms with Crippen LogP contribution in [0.15, 0.2) is 77.7 Å². The van der Waals surface area contributed by atoms with Crippen LogP contribution in [-0.2, 0) is 27.9 Å². The van der Waals surface area contributed by atoms with Crippen LogP contribution in [0, 0.1) is 13.8 Å². The van der Waals surface area contributed by atoms with Gasteiger partial charge in [0.15, 0.2) is 0 Å². The number of nitrogens with one attached hydrogen (secondary N) is 1. The molecule has 1 aliphatic heterocycles. The predicted molar refractivity (Wildman–Crippen MR) is 144 cm³/mol. The summed E-state index contributed by atoms with van der Waals surface area (Å²) in [5, 5.41) is 2.92. The zero-order valence-electron chi connectivity index (χ0n) is 21.1. The second-order valence-corrected chi connectivity index (χ2v) is 11.5. The lowest BCUT2D eigenvalue weighted by molar-refractivity contribution is -0.119. The third-order valence-electron chi connectivity index (χ3n) is 6.55. The molecular formula is C29H35N3O3S. The SMILES string of the molecule is Cc1ccc(N(CC(=O)NCc2cccc(CN3CCCCC3)c2)S(=O)(=O)c2ccc(C)cc2)cc1. The molecule has 4 rings (SSSR count). The van der Waals surface area contributed by atoms with Gasteiger partial charge in [0.2, 0.25) is 5.91 Å². The highest BCUT2D eigenvalue weighted by Gasteiger charge is 2.27. The van der Waals surface area contributed by atoms with Gasteiger partial charge in [-0.25, -0.2) is 8.42 Å². The van der Waals surface area contributed by atoms with Crippen molar-refractivity contribution < 1.29 is 13.2 Å². The molecule has 1 N–H and O–H groups in total. The van der Waals surface area contributed by atoms with Gasteiger partial charge in [-0.05, 0) is 75.2 Å². The molecule has 1 saturated heterocycles. The van der Waals surface area contributed by atoms with Crippen LogP contribution in [0.1, 0.15) is 41.5 Å². The first-order valence-electron chi connectivity index (χ1n) is 12.5. The number of amides is 1. The maximum Gasteiger partial charge on any atom is 0.264 e. The van der Waals surface area contributed by atoms with Crippen molar-refractivity contribution in [3.63, 3.8) is 0 Å². The van der Waals surface area contributed by atoms with E-state index in [-0.39, 0.29) is 17.3 Å². The summed E-state index contributed by atoms with van der Waals surface area (Å²) in [5.41, 5.74) is 4.67. The molecular weight excluding hydrogens is 470 g/mol. The van der Waals surface area contributed by atoms with Crippen LogP contribution in [-0.4, -0.2) is 38.9 Å². The topological polar surface area (TPSA) is 69.7 Å². The molecule has 1 fully saturated rings. The molecule has 1 amide bonds. The van der Waals surface area contributed by atoms with E-state index in [0.29, 0.717) is 12.2 Å². The summed E-state index contributed by atoms with van der Waals surface area (Å²) in [5.74, 6) is -0.354. The molecule has 36 heavy (non-hydrogen) atoms. The summed E-state index contributed by atoms with van der Waals surface area (Å²) in [7, 11) is -3.92. The van der Waals surface area contributed by atoms with Gasteiger partial charge in [0.1, 0.15) is 6.54 Å². The first kappa shape index (κ1) is 25.9. The average Bonchev–Trinajstić information content (AvgIpc) is 2.88. The van der Waals surface area contributed by atoms with E-state index in [1.54, 1.807) is 36.4 Å².